The van der Waals surface area contributed by atoms with E-state index >= 15 is 0 Å². The molecule has 0 unspecified atom stereocenters. The molecule has 0 bridgehead atoms. The van der Waals surface area contributed by atoms with Gasteiger partial charge in [-0.15, -0.1) is 0 Å². The third kappa shape index (κ3) is 5.28. The van der Waals surface area contributed by atoms with Crippen molar-refractivity contribution in [3.8, 4) is 11.5 Å². The number of carbonyl (C=O) groups is 3. The van der Waals surface area contributed by atoms with Crippen LogP contribution in [0.2, 0.25) is 0 Å². The Kier molecular flexibility index (Phi) is 7.58. The summed E-state index contributed by atoms with van der Waals surface area (Å²) in [4.78, 5) is 49.8. The number of ether oxygens (including phenoxy) is 2. The molecule has 1 saturated heterocycles. The van der Waals surface area contributed by atoms with Crippen molar-refractivity contribution in [1.82, 2.24) is 5.32 Å². The molecule has 3 aromatic rings. The molecule has 4 rings (SSSR count). The van der Waals surface area contributed by atoms with Crippen LogP contribution in [0.5, 0.6) is 11.5 Å². The fourth-order valence-corrected chi connectivity index (χ4v) is 4.43. The van der Waals surface area contributed by atoms with Gasteiger partial charge in [0, 0.05) is 12.1 Å². The lowest BCUT2D eigenvalue weighted by atomic mass is 10.0. The molecule has 38 heavy (non-hydrogen) atoms. The molecule has 0 aliphatic carbocycles. The summed E-state index contributed by atoms with van der Waals surface area (Å²) in [5.41, 5.74) is 2.93. The molecule has 0 aromatic heterocycles. The van der Waals surface area contributed by atoms with Gasteiger partial charge in [-0.3, -0.25) is 25.0 Å². The number of nitro benzene ring substituents is 1. The van der Waals surface area contributed by atoms with E-state index in [1.165, 1.54) is 25.3 Å². The number of hydrogen-bond acceptors (Lipinski definition) is 7. The van der Waals surface area contributed by atoms with Crippen molar-refractivity contribution in [1.29, 1.82) is 0 Å². The highest BCUT2D eigenvalue weighted by Crippen LogP contribution is 2.38. The quantitative estimate of drug-likeness (QED) is 0.176. The Morgan fingerprint density at radius 2 is 1.79 bits per heavy atom. The molecule has 0 spiro atoms. The molecule has 11 heteroatoms. The van der Waals surface area contributed by atoms with Gasteiger partial charge in [0.25, 0.3) is 17.5 Å². The highest BCUT2D eigenvalue weighted by molar-refractivity contribution is 9.10. The zero-order valence-electron chi connectivity index (χ0n) is 20.6. The van der Waals surface area contributed by atoms with Gasteiger partial charge in [0.1, 0.15) is 12.2 Å². The molecule has 1 aliphatic rings. The molecule has 0 radical (unpaired) electrons. The fourth-order valence-electron chi connectivity index (χ4n) is 3.85. The number of methoxy groups -OCH3 is 1. The van der Waals surface area contributed by atoms with Crippen molar-refractivity contribution in [2.24, 2.45) is 0 Å². The Morgan fingerprint density at radius 1 is 1.08 bits per heavy atom. The Balaban J connectivity index is 1.63. The first-order valence-electron chi connectivity index (χ1n) is 11.3. The number of aryl methyl sites for hydroxylation is 1. The van der Waals surface area contributed by atoms with Gasteiger partial charge in [-0.25, -0.2) is 9.69 Å². The van der Waals surface area contributed by atoms with Crippen molar-refractivity contribution in [3.63, 3.8) is 0 Å². The largest absolute Gasteiger partial charge is 0.493 e. The van der Waals surface area contributed by atoms with E-state index in [1.54, 1.807) is 43.3 Å². The van der Waals surface area contributed by atoms with E-state index in [0.717, 1.165) is 16.0 Å². The Hall–Kier alpha value is -4.51. The molecule has 0 atom stereocenters. The number of non-ortho nitro benzene ring substituents is 1. The van der Waals surface area contributed by atoms with E-state index in [0.29, 0.717) is 32.8 Å². The molecule has 1 N–H and O–H groups in total. The van der Waals surface area contributed by atoms with Gasteiger partial charge < -0.3 is 9.47 Å². The summed E-state index contributed by atoms with van der Waals surface area (Å²) < 4.78 is 11.8. The van der Waals surface area contributed by atoms with Gasteiger partial charge in [0.05, 0.1) is 22.2 Å². The second-order valence-corrected chi connectivity index (χ2v) is 9.28. The normalized spacial score (nSPS) is 14.5. The number of nitro groups is 1. The minimum absolute atomic E-state index is 0.0241. The number of imide groups is 2. The van der Waals surface area contributed by atoms with Gasteiger partial charge >= 0.3 is 6.03 Å². The molecule has 194 valence electrons. The van der Waals surface area contributed by atoms with Gasteiger partial charge in [-0.05, 0) is 88.4 Å². The lowest BCUT2D eigenvalue weighted by molar-refractivity contribution is -0.384. The lowest BCUT2D eigenvalue weighted by Gasteiger charge is -2.28. The molecular weight excluding hydrogens is 558 g/mol. The minimum Gasteiger partial charge on any atom is -0.493 e. The van der Waals surface area contributed by atoms with Crippen LogP contribution in [0.1, 0.15) is 22.3 Å². The van der Waals surface area contributed by atoms with Crippen LogP contribution in [0.15, 0.2) is 64.6 Å². The molecule has 1 fully saturated rings. The van der Waals surface area contributed by atoms with E-state index in [9.17, 15) is 24.5 Å². The summed E-state index contributed by atoms with van der Waals surface area (Å²) >= 11 is 3.44. The fraction of sp³-hybridized carbons (Fsp3) is 0.148. The molecule has 1 aliphatic heterocycles. The van der Waals surface area contributed by atoms with Crippen molar-refractivity contribution in [2.75, 3.05) is 12.0 Å². The molecule has 4 amide bonds. The summed E-state index contributed by atoms with van der Waals surface area (Å²) in [7, 11) is 1.44. The second-order valence-electron chi connectivity index (χ2n) is 8.42. The number of benzene rings is 3. The predicted octanol–water partition coefficient (Wildman–Crippen LogP) is 5.23. The smallest absolute Gasteiger partial charge is 0.335 e. The number of nitrogens with zero attached hydrogens (tertiary/aromatic N) is 2. The number of nitrogens with one attached hydrogen (secondary N) is 1. The SMILES string of the molecule is COc1cc(/C=C2\C(=O)NC(=O)N(c3cccc(C)c3C)C2=O)cc(Br)c1OCc1ccc([N+](=O)[O-])cc1. The number of anilines is 1. The maximum atomic E-state index is 13.3. The first kappa shape index (κ1) is 26.6. The number of hydrogen-bond donors (Lipinski definition) is 1. The van der Waals surface area contributed by atoms with Crippen molar-refractivity contribution in [2.45, 2.75) is 20.5 Å². The summed E-state index contributed by atoms with van der Waals surface area (Å²) in [6.45, 7) is 3.77. The predicted molar refractivity (Wildman–Crippen MR) is 143 cm³/mol. The maximum absolute atomic E-state index is 13.3. The van der Waals surface area contributed by atoms with E-state index < -0.39 is 22.8 Å². The monoisotopic (exact) mass is 579 g/mol. The summed E-state index contributed by atoms with van der Waals surface area (Å²) in [5.74, 6) is -0.880. The van der Waals surface area contributed by atoms with Crippen LogP contribution in [0.4, 0.5) is 16.2 Å². The first-order valence-corrected chi connectivity index (χ1v) is 12.1. The minimum atomic E-state index is -0.820. The molecule has 1 heterocycles. The maximum Gasteiger partial charge on any atom is 0.335 e. The van der Waals surface area contributed by atoms with Crippen LogP contribution < -0.4 is 19.7 Å². The van der Waals surface area contributed by atoms with Crippen LogP contribution in [0.25, 0.3) is 6.08 Å². The van der Waals surface area contributed by atoms with E-state index in [-0.39, 0.29) is 17.9 Å². The Morgan fingerprint density at radius 3 is 2.45 bits per heavy atom. The summed E-state index contributed by atoms with van der Waals surface area (Å²) in [6.07, 6.45) is 1.37. The second kappa shape index (κ2) is 10.9. The van der Waals surface area contributed by atoms with Crippen LogP contribution in [0, 0.1) is 24.0 Å². The highest BCUT2D eigenvalue weighted by atomic mass is 79.9. The summed E-state index contributed by atoms with van der Waals surface area (Å²) in [5, 5.41) is 13.1. The van der Waals surface area contributed by atoms with Crippen molar-refractivity contribution in [3.05, 3.63) is 97.0 Å². The zero-order valence-corrected chi connectivity index (χ0v) is 22.2. The standard InChI is InChI=1S/C27H22BrN3O7/c1-15-5-4-6-22(16(15)2)30-26(33)20(25(32)29-27(30)34)11-18-12-21(28)24(23(13-18)37-3)38-14-17-7-9-19(10-8-17)31(35)36/h4-13H,14H2,1-3H3,(H,29,32,34)/b20-11+. The number of barbiturate groups is 1. The van der Waals surface area contributed by atoms with E-state index in [1.807, 2.05) is 13.0 Å². The van der Waals surface area contributed by atoms with Crippen LogP contribution in [-0.4, -0.2) is 29.9 Å². The Labute approximate surface area is 226 Å². The number of urea groups is 1. The van der Waals surface area contributed by atoms with Crippen LogP contribution >= 0.6 is 15.9 Å². The van der Waals surface area contributed by atoms with Gasteiger partial charge in [0.15, 0.2) is 11.5 Å². The van der Waals surface area contributed by atoms with Gasteiger partial charge in [-0.1, -0.05) is 12.1 Å². The highest BCUT2D eigenvalue weighted by Gasteiger charge is 2.37. The first-order chi connectivity index (χ1) is 18.1. The molecule has 3 aromatic carbocycles. The van der Waals surface area contributed by atoms with E-state index in [4.69, 9.17) is 9.47 Å². The molecular formula is C27H22BrN3O7. The van der Waals surface area contributed by atoms with Gasteiger partial charge in [0.2, 0.25) is 0 Å². The van der Waals surface area contributed by atoms with E-state index in [2.05, 4.69) is 21.2 Å². The zero-order chi connectivity index (χ0) is 27.6. The Bertz CT molecular complexity index is 1500. The third-order valence-corrected chi connectivity index (χ3v) is 6.60. The molecule has 10 nitrogen and oxygen atoms in total. The van der Waals surface area contributed by atoms with Crippen LogP contribution in [-0.2, 0) is 16.2 Å². The van der Waals surface area contributed by atoms with Gasteiger partial charge in [-0.2, -0.15) is 0 Å². The summed E-state index contributed by atoms with van der Waals surface area (Å²) in [6, 6.07) is 13.6. The van der Waals surface area contributed by atoms with Crippen molar-refractivity contribution >= 4 is 51.2 Å². The number of carbonyl (C=O) groups excluding carboxylic acids is 3. The number of amides is 4. The third-order valence-electron chi connectivity index (χ3n) is 6.01. The lowest BCUT2D eigenvalue weighted by Crippen LogP contribution is -2.54. The average Bonchev–Trinajstić information content (AvgIpc) is 2.88. The number of rotatable bonds is 7. The number of halogens is 1. The van der Waals surface area contributed by atoms with Crippen LogP contribution in [0.3, 0.4) is 0 Å². The average molecular weight is 580 g/mol. The topological polar surface area (TPSA) is 128 Å². The van der Waals surface area contributed by atoms with Crippen molar-refractivity contribution < 1.29 is 28.8 Å². The molecule has 0 saturated carbocycles.